The number of piperazine rings is 1. The molecule has 2 aromatic carbocycles. The van der Waals surface area contributed by atoms with Crippen LogP contribution in [0.2, 0.25) is 19.6 Å². The van der Waals surface area contributed by atoms with Gasteiger partial charge in [0.25, 0.3) is 26.0 Å². The Hall–Kier alpha value is -3.67. The van der Waals surface area contributed by atoms with E-state index >= 15 is 0 Å². The molecule has 1 fully saturated rings. The number of fused-ring (bicyclic) bond motifs is 2. The lowest BCUT2D eigenvalue weighted by atomic mass is 10.1. The van der Waals surface area contributed by atoms with Crippen LogP contribution in [-0.2, 0) is 33.0 Å². The molecule has 13 heteroatoms. The van der Waals surface area contributed by atoms with Crippen molar-refractivity contribution >= 4 is 50.1 Å². The number of rotatable bonds is 6. The molecule has 4 heterocycles. The van der Waals surface area contributed by atoms with Gasteiger partial charge >= 0.3 is 0 Å². The van der Waals surface area contributed by atoms with E-state index in [1.54, 1.807) is 47.4 Å². The van der Waals surface area contributed by atoms with Crippen LogP contribution in [0, 0.1) is 12.3 Å². The minimum Gasteiger partial charge on any atom is -0.454 e. The number of aromatic nitrogens is 1. The molecular weight excluding hydrogens is 629 g/mol. The number of hydrogen-bond acceptors (Lipinski definition) is 7. The summed E-state index contributed by atoms with van der Waals surface area (Å²) in [5, 5.41) is 0.809. The van der Waals surface area contributed by atoms with Crippen molar-refractivity contribution < 1.29 is 26.0 Å². The Labute approximate surface area is 265 Å². The highest BCUT2D eigenvalue weighted by Gasteiger charge is 2.39. The maximum absolute atomic E-state index is 14.4. The van der Waals surface area contributed by atoms with Crippen molar-refractivity contribution in [2.75, 3.05) is 39.8 Å². The number of carbonyl (C=O) groups excluding carboxylic acids is 1. The van der Waals surface area contributed by atoms with Crippen molar-refractivity contribution in [2.24, 2.45) is 0 Å². The summed E-state index contributed by atoms with van der Waals surface area (Å²) in [5.41, 5.74) is 1.19. The molecule has 0 saturated carbocycles. The fourth-order valence-corrected chi connectivity index (χ4v) is 10.9. The zero-order chi connectivity index (χ0) is 32.3. The maximum atomic E-state index is 14.4. The van der Waals surface area contributed by atoms with E-state index in [-0.39, 0.29) is 53.8 Å². The Balaban J connectivity index is 1.36. The third-order valence-electron chi connectivity index (χ3n) is 8.57. The Morgan fingerprint density at radius 2 is 1.62 bits per heavy atom. The van der Waals surface area contributed by atoms with E-state index in [1.807, 2.05) is 13.1 Å². The van der Waals surface area contributed by atoms with Crippen LogP contribution in [0.5, 0.6) is 0 Å². The minimum absolute atomic E-state index is 0.00838. The van der Waals surface area contributed by atoms with Crippen LogP contribution < -0.4 is 5.19 Å². The van der Waals surface area contributed by atoms with Crippen LogP contribution in [0.3, 0.4) is 0 Å². The molecule has 1 amide bonds. The van der Waals surface area contributed by atoms with Gasteiger partial charge in [0.2, 0.25) is 0 Å². The zero-order valence-electron chi connectivity index (χ0n) is 25.8. The molecule has 0 radical (unpaired) electrons. The van der Waals surface area contributed by atoms with Gasteiger partial charge in [-0.05, 0) is 43.3 Å². The highest BCUT2D eigenvalue weighted by molar-refractivity contribution is 7.92. The van der Waals surface area contributed by atoms with Gasteiger partial charge in [-0.1, -0.05) is 61.1 Å². The zero-order valence-corrected chi connectivity index (χ0v) is 28.4. The van der Waals surface area contributed by atoms with E-state index in [0.29, 0.717) is 11.9 Å². The number of furan rings is 1. The van der Waals surface area contributed by atoms with E-state index in [9.17, 15) is 21.6 Å². The van der Waals surface area contributed by atoms with Gasteiger partial charge in [-0.2, -0.15) is 4.31 Å². The molecule has 45 heavy (non-hydrogen) atoms. The summed E-state index contributed by atoms with van der Waals surface area (Å²) in [6.45, 7) is 8.00. The van der Waals surface area contributed by atoms with Gasteiger partial charge in [-0.3, -0.25) is 9.69 Å². The molecule has 0 spiro atoms. The predicted molar refractivity (Wildman–Crippen MR) is 175 cm³/mol. The molecule has 236 valence electrons. The average molecular weight is 665 g/mol. The summed E-state index contributed by atoms with van der Waals surface area (Å²) in [6.07, 6.45) is 6.69. The number of sulfonamides is 1. The molecule has 0 atom stereocenters. The highest BCUT2D eigenvalue weighted by Crippen LogP contribution is 2.35. The van der Waals surface area contributed by atoms with Crippen molar-refractivity contribution in [1.29, 1.82) is 0 Å². The van der Waals surface area contributed by atoms with Gasteiger partial charge in [0.05, 0.1) is 30.6 Å². The molecule has 2 aliphatic heterocycles. The molecular formula is C32H36N4O6S2Si. The second kappa shape index (κ2) is 11.3. The minimum atomic E-state index is -4.43. The van der Waals surface area contributed by atoms with Crippen LogP contribution in [0.4, 0.5) is 0 Å². The lowest BCUT2D eigenvalue weighted by Gasteiger charge is -2.33. The van der Waals surface area contributed by atoms with Crippen molar-refractivity contribution in [3.05, 3.63) is 77.2 Å². The first-order valence-electron chi connectivity index (χ1n) is 14.8. The van der Waals surface area contributed by atoms with Crippen LogP contribution in [0.1, 0.15) is 27.4 Å². The lowest BCUT2D eigenvalue weighted by molar-refractivity contribution is 0.0662. The van der Waals surface area contributed by atoms with E-state index in [2.05, 4.69) is 30.5 Å². The summed E-state index contributed by atoms with van der Waals surface area (Å²) in [4.78, 5) is 17.0. The van der Waals surface area contributed by atoms with Gasteiger partial charge in [0.1, 0.15) is 5.76 Å². The van der Waals surface area contributed by atoms with E-state index in [0.717, 1.165) is 33.4 Å². The summed E-state index contributed by atoms with van der Waals surface area (Å²) >= 11 is 0. The van der Waals surface area contributed by atoms with Crippen molar-refractivity contribution in [3.63, 3.8) is 0 Å². The van der Waals surface area contributed by atoms with Gasteiger partial charge < -0.3 is 9.32 Å². The molecule has 0 bridgehead atoms. The molecule has 0 unspecified atom stereocenters. The van der Waals surface area contributed by atoms with Crippen LogP contribution in [0.15, 0.2) is 68.9 Å². The Morgan fingerprint density at radius 1 is 0.911 bits per heavy atom. The molecule has 2 aliphatic rings. The number of amides is 1. The number of benzene rings is 2. The van der Waals surface area contributed by atoms with Crippen molar-refractivity contribution in [3.8, 4) is 12.3 Å². The fraction of sp³-hybridized carbons (Fsp3) is 0.344. The topological polar surface area (TPSA) is 113 Å². The van der Waals surface area contributed by atoms with Crippen LogP contribution >= 0.6 is 0 Å². The molecule has 6 rings (SSSR count). The van der Waals surface area contributed by atoms with Crippen LogP contribution in [0.25, 0.3) is 10.9 Å². The molecule has 2 aromatic heterocycles. The molecule has 4 aromatic rings. The predicted octanol–water partition coefficient (Wildman–Crippen LogP) is 3.13. The Kier molecular flexibility index (Phi) is 7.86. The SMILES string of the molecule is C#Cc1c(S(=O)(=O)N2CCN(C(=O)c3cc4c(o3)CN(C)CC4)CC2)n(S(=O)(=O)c2cccc([Si](C)(C)C)c2)c2ccccc12. The number of carbonyl (C=O) groups is 1. The summed E-state index contributed by atoms with van der Waals surface area (Å²) in [5.74, 6) is 3.20. The highest BCUT2D eigenvalue weighted by atomic mass is 32.2. The first-order chi connectivity index (χ1) is 21.2. The van der Waals surface area contributed by atoms with Gasteiger partial charge in [0.15, 0.2) is 10.8 Å². The number of terminal acetylenes is 1. The average Bonchev–Trinajstić information content (AvgIpc) is 3.60. The van der Waals surface area contributed by atoms with E-state index in [4.69, 9.17) is 10.8 Å². The number of nitrogens with zero attached hydrogens (tertiary/aromatic N) is 4. The lowest BCUT2D eigenvalue weighted by Crippen LogP contribution is -2.50. The smallest absolute Gasteiger partial charge is 0.289 e. The number of likely N-dealkylation sites (N-methyl/N-ethyl adjacent to an activating group) is 1. The largest absolute Gasteiger partial charge is 0.454 e. The quantitative estimate of drug-likeness (QED) is 0.230. The van der Waals surface area contributed by atoms with Gasteiger partial charge in [0, 0.05) is 38.1 Å². The third kappa shape index (κ3) is 5.44. The Bertz CT molecular complexity index is 2080. The van der Waals surface area contributed by atoms with Crippen molar-refractivity contribution in [1.82, 2.24) is 18.1 Å². The summed E-state index contributed by atoms with van der Waals surface area (Å²) in [7, 11) is -8.74. The normalized spacial score (nSPS) is 16.9. The first-order valence-corrected chi connectivity index (χ1v) is 21.2. The van der Waals surface area contributed by atoms with Crippen molar-refractivity contribution in [2.45, 2.75) is 42.5 Å². The van der Waals surface area contributed by atoms with E-state index in [1.165, 1.54) is 10.4 Å². The Morgan fingerprint density at radius 3 is 2.31 bits per heavy atom. The van der Waals surface area contributed by atoms with Gasteiger partial charge in [-0.15, -0.1) is 6.42 Å². The molecule has 10 nitrogen and oxygen atoms in total. The second-order valence-corrected chi connectivity index (χ2v) is 21.3. The van der Waals surface area contributed by atoms with Gasteiger partial charge in [-0.25, -0.2) is 20.8 Å². The summed E-state index contributed by atoms with van der Waals surface area (Å²) < 4.78 is 65.5. The maximum Gasteiger partial charge on any atom is 0.289 e. The van der Waals surface area contributed by atoms with Crippen LogP contribution in [-0.4, -0.2) is 88.7 Å². The monoisotopic (exact) mass is 664 g/mol. The standard InChI is InChI=1S/C32H36N4O6S2Si/c1-6-26-27-12-7-8-13-28(27)36(43(38,39)24-10-9-11-25(21-24)45(3,4)5)32(26)44(40,41)35-18-16-34(17-19-35)31(37)29-20-23-14-15-33(2)22-30(23)42-29/h1,7-13,20-21H,14-19,22H2,2-5H3. The molecule has 1 saturated heterocycles. The summed E-state index contributed by atoms with van der Waals surface area (Å²) in [6, 6.07) is 15.0. The second-order valence-electron chi connectivity index (χ2n) is 12.6. The third-order valence-corrected chi connectivity index (χ3v) is 14.4. The fourth-order valence-electron chi connectivity index (χ4n) is 5.99. The molecule has 0 N–H and O–H groups in total. The first kappa shape index (κ1) is 31.3. The number of hydrogen-bond donors (Lipinski definition) is 0. The van der Waals surface area contributed by atoms with E-state index < -0.39 is 33.1 Å². The number of para-hydroxylation sites is 1. The molecule has 0 aliphatic carbocycles.